The summed E-state index contributed by atoms with van der Waals surface area (Å²) in [5, 5.41) is 12.4. The van der Waals surface area contributed by atoms with Crippen molar-refractivity contribution in [1.82, 2.24) is 15.0 Å². The number of anilines is 3. The minimum Gasteiger partial charge on any atom is -0.368 e. The summed E-state index contributed by atoms with van der Waals surface area (Å²) in [6, 6.07) is 13.3. The number of primary amides is 1. The molecule has 0 radical (unpaired) electrons. The van der Waals surface area contributed by atoms with E-state index in [2.05, 4.69) is 27.4 Å². The summed E-state index contributed by atoms with van der Waals surface area (Å²) in [6.07, 6.45) is 7.44. The number of nitrogens with one attached hydrogen (secondary N) is 1. The summed E-state index contributed by atoms with van der Waals surface area (Å²) in [5.41, 5.74) is 9.03. The lowest BCUT2D eigenvalue weighted by molar-refractivity contribution is -0.119. The zero-order valence-electron chi connectivity index (χ0n) is 17.9. The van der Waals surface area contributed by atoms with Crippen LogP contribution < -0.4 is 16.0 Å². The predicted octanol–water partition coefficient (Wildman–Crippen LogP) is 3.91. The largest absolute Gasteiger partial charge is 0.368 e. The quantitative estimate of drug-likeness (QED) is 0.570. The zero-order chi connectivity index (χ0) is 22.1. The molecule has 0 unspecified atom stereocenters. The van der Waals surface area contributed by atoms with Crippen molar-refractivity contribution in [3.8, 4) is 17.3 Å². The van der Waals surface area contributed by atoms with Gasteiger partial charge in [0.05, 0.1) is 17.3 Å². The van der Waals surface area contributed by atoms with Gasteiger partial charge in [-0.25, -0.2) is 15.0 Å². The first-order chi connectivity index (χ1) is 15.6. The van der Waals surface area contributed by atoms with E-state index >= 15 is 0 Å². The van der Waals surface area contributed by atoms with Crippen LogP contribution in [0.5, 0.6) is 0 Å². The summed E-state index contributed by atoms with van der Waals surface area (Å²) in [7, 11) is 0. The summed E-state index contributed by atoms with van der Waals surface area (Å²) in [6.45, 7) is 0.776. The van der Waals surface area contributed by atoms with Crippen molar-refractivity contribution >= 4 is 35.8 Å². The number of carbonyl (C=O) groups excluding carboxylic acids is 1. The van der Waals surface area contributed by atoms with Crippen molar-refractivity contribution in [2.45, 2.75) is 37.6 Å². The second kappa shape index (κ2) is 9.43. The van der Waals surface area contributed by atoms with Crippen molar-refractivity contribution in [3.05, 3.63) is 59.9 Å². The van der Waals surface area contributed by atoms with Crippen molar-refractivity contribution in [2.24, 2.45) is 5.73 Å². The zero-order valence-corrected chi connectivity index (χ0v) is 18.8. The molecule has 1 amide bonds. The molecule has 9 heteroatoms. The molecule has 8 nitrogen and oxygen atoms in total. The summed E-state index contributed by atoms with van der Waals surface area (Å²) < 4.78 is 0. The van der Waals surface area contributed by atoms with E-state index in [4.69, 9.17) is 16.0 Å². The number of pyridine rings is 3. The van der Waals surface area contributed by atoms with Crippen LogP contribution in [-0.4, -0.2) is 33.4 Å². The average Bonchev–Trinajstić information content (AvgIpc) is 3.55. The molecule has 168 valence electrons. The molecule has 33 heavy (non-hydrogen) atoms. The number of amides is 1. The number of aromatic nitrogens is 3. The highest BCUT2D eigenvalue weighted by Crippen LogP contribution is 2.42. The summed E-state index contributed by atoms with van der Waals surface area (Å²) in [4.78, 5) is 27.4. The fourth-order valence-electron chi connectivity index (χ4n) is 4.16. The molecule has 0 aromatic carbocycles. The standard InChI is InChI=1S/C24H23N7O.ClH/c25-13-15-7-8-27-21(10-15)30-22-12-18(16-3-4-16)11-19(29-22)17-5-6-23(28-14-17)31-9-1-2-20(31)24(26)32;/h5-8,10-12,14,16,20H,1-4,9H2,(H2,26,32)(H,27,29,30);1H/t20-;/m0./s1. The van der Waals surface area contributed by atoms with Crippen molar-refractivity contribution in [2.75, 3.05) is 16.8 Å². The molecular weight excluding hydrogens is 438 g/mol. The minimum atomic E-state index is -0.308. The Hall–Kier alpha value is -3.70. The van der Waals surface area contributed by atoms with Crippen LogP contribution >= 0.6 is 12.4 Å². The van der Waals surface area contributed by atoms with Crippen molar-refractivity contribution < 1.29 is 4.79 Å². The van der Waals surface area contributed by atoms with Crippen LogP contribution in [0.3, 0.4) is 0 Å². The Morgan fingerprint density at radius 2 is 1.97 bits per heavy atom. The third kappa shape index (κ3) is 4.89. The highest BCUT2D eigenvalue weighted by molar-refractivity contribution is 5.85. The first kappa shape index (κ1) is 22.5. The highest BCUT2D eigenvalue weighted by atomic mass is 35.5. The second-order valence-electron chi connectivity index (χ2n) is 8.27. The van der Waals surface area contributed by atoms with E-state index in [9.17, 15) is 4.79 Å². The predicted molar refractivity (Wildman–Crippen MR) is 128 cm³/mol. The molecule has 2 fully saturated rings. The number of hydrogen-bond acceptors (Lipinski definition) is 7. The Bertz CT molecular complexity index is 1200. The van der Waals surface area contributed by atoms with Crippen LogP contribution in [0.2, 0.25) is 0 Å². The van der Waals surface area contributed by atoms with Gasteiger partial charge >= 0.3 is 0 Å². The maximum Gasteiger partial charge on any atom is 0.240 e. The molecule has 2 aliphatic rings. The van der Waals surface area contributed by atoms with E-state index in [0.717, 1.165) is 36.5 Å². The fourth-order valence-corrected chi connectivity index (χ4v) is 4.16. The lowest BCUT2D eigenvalue weighted by Crippen LogP contribution is -2.40. The molecule has 0 bridgehead atoms. The molecule has 0 spiro atoms. The molecule has 4 heterocycles. The first-order valence-corrected chi connectivity index (χ1v) is 10.8. The molecule has 1 aliphatic carbocycles. The van der Waals surface area contributed by atoms with E-state index in [1.165, 1.54) is 18.4 Å². The van der Waals surface area contributed by atoms with Crippen LogP contribution in [0, 0.1) is 11.3 Å². The Kier molecular flexibility index (Phi) is 6.43. The number of carbonyl (C=O) groups is 1. The molecule has 1 aliphatic heterocycles. The van der Waals surface area contributed by atoms with Gasteiger partial charge in [0.25, 0.3) is 0 Å². The smallest absolute Gasteiger partial charge is 0.240 e. The van der Waals surface area contributed by atoms with Crippen molar-refractivity contribution in [3.63, 3.8) is 0 Å². The van der Waals surface area contributed by atoms with Gasteiger partial charge in [0.2, 0.25) is 5.91 Å². The first-order valence-electron chi connectivity index (χ1n) is 10.8. The lowest BCUT2D eigenvalue weighted by Gasteiger charge is -2.23. The number of nitrogens with zero attached hydrogens (tertiary/aromatic N) is 5. The monoisotopic (exact) mass is 461 g/mol. The van der Waals surface area contributed by atoms with Gasteiger partial charge in [-0.05, 0) is 73.6 Å². The highest BCUT2D eigenvalue weighted by Gasteiger charge is 2.30. The van der Waals surface area contributed by atoms with Crippen LogP contribution in [0.4, 0.5) is 17.5 Å². The number of nitriles is 1. The molecule has 5 rings (SSSR count). The number of halogens is 1. The van der Waals surface area contributed by atoms with E-state index in [1.807, 2.05) is 23.1 Å². The summed E-state index contributed by atoms with van der Waals surface area (Å²) in [5.74, 6) is 2.25. The number of rotatable bonds is 6. The Morgan fingerprint density at radius 3 is 2.67 bits per heavy atom. The maximum atomic E-state index is 11.7. The SMILES string of the molecule is Cl.N#Cc1ccnc(Nc2cc(C3CC3)cc(-c3ccc(N4CCC[C@H]4C(N)=O)nc3)n2)c1. The van der Waals surface area contributed by atoms with Gasteiger partial charge in [-0.2, -0.15) is 5.26 Å². The minimum absolute atomic E-state index is 0. The number of hydrogen-bond donors (Lipinski definition) is 2. The number of nitrogens with two attached hydrogens (primary N) is 1. The second-order valence-corrected chi connectivity index (χ2v) is 8.27. The van der Waals surface area contributed by atoms with E-state index in [0.29, 0.717) is 23.1 Å². The van der Waals surface area contributed by atoms with Gasteiger partial charge in [0.15, 0.2) is 0 Å². The normalized spacial score (nSPS) is 17.2. The Morgan fingerprint density at radius 1 is 1.12 bits per heavy atom. The van der Waals surface area contributed by atoms with Gasteiger partial charge in [-0.15, -0.1) is 12.4 Å². The van der Waals surface area contributed by atoms with Gasteiger partial charge in [-0.3, -0.25) is 4.79 Å². The van der Waals surface area contributed by atoms with Crippen LogP contribution in [-0.2, 0) is 4.79 Å². The van der Waals surface area contributed by atoms with Gasteiger partial charge in [0.1, 0.15) is 23.5 Å². The van der Waals surface area contributed by atoms with Gasteiger partial charge < -0.3 is 16.0 Å². The molecule has 1 atom stereocenters. The molecule has 1 saturated heterocycles. The maximum absolute atomic E-state index is 11.7. The van der Waals surface area contributed by atoms with Gasteiger partial charge in [-0.1, -0.05) is 0 Å². The van der Waals surface area contributed by atoms with E-state index < -0.39 is 0 Å². The Labute approximate surface area is 198 Å². The molecular formula is C24H24ClN7O. The van der Waals surface area contributed by atoms with E-state index in [1.54, 1.807) is 24.5 Å². The lowest BCUT2D eigenvalue weighted by atomic mass is 10.1. The Balaban J connectivity index is 0.00000259. The molecule has 3 aromatic heterocycles. The summed E-state index contributed by atoms with van der Waals surface area (Å²) >= 11 is 0. The van der Waals surface area contributed by atoms with Crippen LogP contribution in [0.1, 0.15) is 42.7 Å². The molecule has 1 saturated carbocycles. The van der Waals surface area contributed by atoms with Crippen LogP contribution in [0.15, 0.2) is 48.8 Å². The van der Waals surface area contributed by atoms with E-state index in [-0.39, 0.29) is 24.4 Å². The topological polar surface area (TPSA) is 121 Å². The molecule has 3 aromatic rings. The molecule has 3 N–H and O–H groups in total. The average molecular weight is 462 g/mol. The third-order valence-electron chi connectivity index (χ3n) is 5.96. The third-order valence-corrected chi connectivity index (χ3v) is 5.96. The van der Waals surface area contributed by atoms with Gasteiger partial charge in [0, 0.05) is 24.5 Å². The fraction of sp³-hybridized carbons (Fsp3) is 0.292. The van der Waals surface area contributed by atoms with Crippen LogP contribution in [0.25, 0.3) is 11.3 Å². The van der Waals surface area contributed by atoms with Crippen molar-refractivity contribution in [1.29, 1.82) is 5.26 Å².